The maximum atomic E-state index is 12.2. The summed E-state index contributed by atoms with van der Waals surface area (Å²) in [6.07, 6.45) is 1.87. The maximum Gasteiger partial charge on any atom is 0.225 e. The predicted molar refractivity (Wildman–Crippen MR) is 97.8 cm³/mol. The van der Waals surface area contributed by atoms with Gasteiger partial charge in [0, 0.05) is 31.0 Å². The minimum atomic E-state index is -0.262. The van der Waals surface area contributed by atoms with Gasteiger partial charge >= 0.3 is 0 Å². The van der Waals surface area contributed by atoms with Crippen LogP contribution in [0.5, 0.6) is 0 Å². The van der Waals surface area contributed by atoms with Gasteiger partial charge in [0.15, 0.2) is 0 Å². The molecule has 0 spiro atoms. The summed E-state index contributed by atoms with van der Waals surface area (Å²) < 4.78 is 5.27. The molecule has 0 bridgehead atoms. The smallest absolute Gasteiger partial charge is 0.225 e. The summed E-state index contributed by atoms with van der Waals surface area (Å²) in [5.41, 5.74) is 1.29. The number of hydrogen-bond acceptors (Lipinski definition) is 4. The molecule has 2 heterocycles. The first-order valence-electron chi connectivity index (χ1n) is 8.42. The molecule has 1 aromatic heterocycles. The van der Waals surface area contributed by atoms with E-state index in [9.17, 15) is 9.59 Å². The number of furan rings is 1. The average Bonchev–Trinajstić information content (AvgIpc) is 3.26. The van der Waals surface area contributed by atoms with Crippen LogP contribution in [-0.2, 0) is 21.9 Å². The van der Waals surface area contributed by atoms with Crippen molar-refractivity contribution in [1.29, 1.82) is 0 Å². The van der Waals surface area contributed by atoms with Crippen molar-refractivity contribution >= 4 is 23.6 Å². The molecule has 2 amide bonds. The first kappa shape index (κ1) is 17.6. The maximum absolute atomic E-state index is 12.2. The molecule has 25 heavy (non-hydrogen) atoms. The number of rotatable bonds is 8. The lowest BCUT2D eigenvalue weighted by atomic mass is 10.1. The number of nitrogens with one attached hydrogen (secondary N) is 1. The number of likely N-dealkylation sites (tertiary alicyclic amines) is 1. The van der Waals surface area contributed by atoms with Crippen molar-refractivity contribution < 1.29 is 14.0 Å². The molecular weight excluding hydrogens is 336 g/mol. The van der Waals surface area contributed by atoms with Gasteiger partial charge in [0.2, 0.25) is 11.8 Å². The SMILES string of the molecule is O=C(NCCSCc1ccccc1)[C@H]1CC(=O)N(Cc2ccco2)C1. The summed E-state index contributed by atoms with van der Waals surface area (Å²) in [4.78, 5) is 26.0. The van der Waals surface area contributed by atoms with E-state index >= 15 is 0 Å². The van der Waals surface area contributed by atoms with Crippen molar-refractivity contribution in [3.63, 3.8) is 0 Å². The van der Waals surface area contributed by atoms with E-state index in [1.54, 1.807) is 29.0 Å². The Kier molecular flexibility index (Phi) is 6.17. The summed E-state index contributed by atoms with van der Waals surface area (Å²) in [5.74, 6) is 2.26. The molecule has 6 heteroatoms. The van der Waals surface area contributed by atoms with Gasteiger partial charge in [0.1, 0.15) is 5.76 Å². The highest BCUT2D eigenvalue weighted by Gasteiger charge is 2.34. The molecule has 0 aliphatic carbocycles. The van der Waals surface area contributed by atoms with E-state index in [0.29, 0.717) is 19.6 Å². The van der Waals surface area contributed by atoms with Crippen molar-refractivity contribution in [1.82, 2.24) is 10.2 Å². The lowest BCUT2D eigenvalue weighted by Gasteiger charge is -2.15. The molecule has 0 saturated carbocycles. The highest BCUT2D eigenvalue weighted by molar-refractivity contribution is 7.98. The summed E-state index contributed by atoms with van der Waals surface area (Å²) in [6, 6.07) is 13.9. The fourth-order valence-electron chi connectivity index (χ4n) is 2.85. The van der Waals surface area contributed by atoms with Crippen LogP contribution in [0.3, 0.4) is 0 Å². The van der Waals surface area contributed by atoms with E-state index in [4.69, 9.17) is 4.42 Å². The Morgan fingerprint density at radius 3 is 2.84 bits per heavy atom. The molecule has 1 aromatic carbocycles. The van der Waals surface area contributed by atoms with Gasteiger partial charge in [0.25, 0.3) is 0 Å². The second-order valence-electron chi connectivity index (χ2n) is 6.08. The second-order valence-corrected chi connectivity index (χ2v) is 7.19. The molecule has 132 valence electrons. The molecule has 5 nitrogen and oxygen atoms in total. The van der Waals surface area contributed by atoms with Crippen LogP contribution in [0, 0.1) is 5.92 Å². The Balaban J connectivity index is 1.35. The Labute approximate surface area is 151 Å². The van der Waals surface area contributed by atoms with Gasteiger partial charge in [0.05, 0.1) is 18.7 Å². The predicted octanol–water partition coefficient (Wildman–Crippen LogP) is 2.68. The molecule has 1 aliphatic rings. The largest absolute Gasteiger partial charge is 0.467 e. The standard InChI is InChI=1S/C19H22N2O3S/c22-18-11-16(12-21(18)13-17-7-4-9-24-17)19(23)20-8-10-25-14-15-5-2-1-3-6-15/h1-7,9,16H,8,10-14H2,(H,20,23)/t16-/m0/s1. The third-order valence-electron chi connectivity index (χ3n) is 4.17. The zero-order valence-electron chi connectivity index (χ0n) is 14.0. The minimum absolute atomic E-state index is 0.00926. The van der Waals surface area contributed by atoms with E-state index in [1.165, 1.54) is 5.56 Å². The Hall–Kier alpha value is -2.21. The first-order chi connectivity index (χ1) is 12.2. The third kappa shape index (κ3) is 5.13. The fourth-order valence-corrected chi connectivity index (χ4v) is 3.67. The molecule has 1 aliphatic heterocycles. The van der Waals surface area contributed by atoms with Gasteiger partial charge in [-0.05, 0) is 17.7 Å². The van der Waals surface area contributed by atoms with Crippen molar-refractivity contribution in [2.45, 2.75) is 18.7 Å². The topological polar surface area (TPSA) is 62.6 Å². The van der Waals surface area contributed by atoms with Crippen LogP contribution < -0.4 is 5.32 Å². The third-order valence-corrected chi connectivity index (χ3v) is 5.20. The molecule has 3 rings (SSSR count). The van der Waals surface area contributed by atoms with Gasteiger partial charge in [-0.15, -0.1) is 0 Å². The summed E-state index contributed by atoms with van der Waals surface area (Å²) >= 11 is 1.79. The molecule has 1 N–H and O–H groups in total. The second kappa shape index (κ2) is 8.76. The van der Waals surface area contributed by atoms with Gasteiger partial charge in [-0.2, -0.15) is 11.8 Å². The van der Waals surface area contributed by atoms with Crippen LogP contribution in [0.15, 0.2) is 53.1 Å². The highest BCUT2D eigenvalue weighted by Crippen LogP contribution is 2.20. The van der Waals surface area contributed by atoms with E-state index in [2.05, 4.69) is 17.4 Å². The minimum Gasteiger partial charge on any atom is -0.467 e. The number of hydrogen-bond donors (Lipinski definition) is 1. The van der Waals surface area contributed by atoms with Crippen molar-refractivity contribution in [3.8, 4) is 0 Å². The molecule has 0 radical (unpaired) electrons. The van der Waals surface area contributed by atoms with Gasteiger partial charge < -0.3 is 14.6 Å². The summed E-state index contributed by atoms with van der Waals surface area (Å²) in [6.45, 7) is 1.52. The van der Waals surface area contributed by atoms with E-state index in [1.807, 2.05) is 24.3 Å². The first-order valence-corrected chi connectivity index (χ1v) is 9.57. The zero-order valence-corrected chi connectivity index (χ0v) is 14.8. The molecule has 1 atom stereocenters. The molecule has 0 unspecified atom stereocenters. The highest BCUT2D eigenvalue weighted by atomic mass is 32.2. The van der Waals surface area contributed by atoms with E-state index < -0.39 is 0 Å². The molecule has 2 aromatic rings. The normalized spacial score (nSPS) is 17.0. The quantitative estimate of drug-likeness (QED) is 0.737. The number of nitrogens with zero attached hydrogens (tertiary/aromatic N) is 1. The molecule has 1 fully saturated rings. The van der Waals surface area contributed by atoms with Crippen molar-refractivity contribution in [2.24, 2.45) is 5.92 Å². The number of amides is 2. The van der Waals surface area contributed by atoms with Crippen LogP contribution in [0.25, 0.3) is 0 Å². The van der Waals surface area contributed by atoms with Crippen LogP contribution in [0.1, 0.15) is 17.7 Å². The number of thioether (sulfide) groups is 1. The molecule has 1 saturated heterocycles. The lowest BCUT2D eigenvalue weighted by Crippen LogP contribution is -2.34. The van der Waals surface area contributed by atoms with Crippen LogP contribution >= 0.6 is 11.8 Å². The van der Waals surface area contributed by atoms with Gasteiger partial charge in [-0.3, -0.25) is 9.59 Å². The summed E-state index contributed by atoms with van der Waals surface area (Å²) in [5, 5.41) is 2.95. The number of carbonyl (C=O) groups excluding carboxylic acids is 2. The monoisotopic (exact) mass is 358 g/mol. The molecular formula is C19H22N2O3S. The lowest BCUT2D eigenvalue weighted by molar-refractivity contribution is -0.129. The Morgan fingerprint density at radius 2 is 2.08 bits per heavy atom. The number of benzene rings is 1. The van der Waals surface area contributed by atoms with Gasteiger partial charge in [-0.25, -0.2) is 0 Å². The average molecular weight is 358 g/mol. The Morgan fingerprint density at radius 1 is 1.24 bits per heavy atom. The van der Waals surface area contributed by atoms with Crippen LogP contribution in [0.2, 0.25) is 0 Å². The van der Waals surface area contributed by atoms with Crippen molar-refractivity contribution in [3.05, 3.63) is 60.1 Å². The van der Waals surface area contributed by atoms with Crippen molar-refractivity contribution in [2.75, 3.05) is 18.8 Å². The van der Waals surface area contributed by atoms with E-state index in [-0.39, 0.29) is 24.2 Å². The fraction of sp³-hybridized carbons (Fsp3) is 0.368. The van der Waals surface area contributed by atoms with Gasteiger partial charge in [-0.1, -0.05) is 30.3 Å². The van der Waals surface area contributed by atoms with Crippen LogP contribution in [-0.4, -0.2) is 35.6 Å². The zero-order chi connectivity index (χ0) is 17.5. The number of carbonyl (C=O) groups is 2. The Bertz CT molecular complexity index is 688. The van der Waals surface area contributed by atoms with E-state index in [0.717, 1.165) is 17.3 Å². The van der Waals surface area contributed by atoms with Crippen LogP contribution in [0.4, 0.5) is 0 Å². The summed E-state index contributed by atoms with van der Waals surface area (Å²) in [7, 11) is 0.